The third-order valence-corrected chi connectivity index (χ3v) is 5.52. The van der Waals surface area contributed by atoms with Crippen molar-refractivity contribution in [3.63, 3.8) is 0 Å². The van der Waals surface area contributed by atoms with E-state index >= 15 is 0 Å². The highest BCUT2D eigenvalue weighted by atomic mass is 32.1. The van der Waals surface area contributed by atoms with E-state index in [-0.39, 0.29) is 6.04 Å². The van der Waals surface area contributed by atoms with Crippen LogP contribution in [0.3, 0.4) is 0 Å². The molecule has 2 N–H and O–H groups in total. The predicted octanol–water partition coefficient (Wildman–Crippen LogP) is 4.74. The molecule has 0 amide bonds. The molecule has 1 heterocycles. The fourth-order valence-corrected chi connectivity index (χ4v) is 4.09. The van der Waals surface area contributed by atoms with Gasteiger partial charge in [-0.15, -0.1) is 0 Å². The highest BCUT2D eigenvalue weighted by molar-refractivity contribution is 7.80. The summed E-state index contributed by atoms with van der Waals surface area (Å²) in [6.07, 6.45) is 5.47. The summed E-state index contributed by atoms with van der Waals surface area (Å²) in [7, 11) is 3.37. The molecule has 0 saturated carbocycles. The maximum absolute atomic E-state index is 5.53. The minimum absolute atomic E-state index is 0.0919. The van der Waals surface area contributed by atoms with Crippen molar-refractivity contribution in [2.45, 2.75) is 25.3 Å². The van der Waals surface area contributed by atoms with Crippen LogP contribution in [0.4, 0.5) is 0 Å². The fourth-order valence-electron chi connectivity index (χ4n) is 3.87. The molecule has 2 aliphatic rings. The van der Waals surface area contributed by atoms with Crippen LogP contribution in [0.15, 0.2) is 65.4 Å². The Morgan fingerprint density at radius 3 is 2.21 bits per heavy atom. The van der Waals surface area contributed by atoms with Gasteiger partial charge in [-0.05, 0) is 84.1 Å². The van der Waals surface area contributed by atoms with E-state index in [2.05, 4.69) is 41.0 Å². The summed E-state index contributed by atoms with van der Waals surface area (Å²) in [6, 6.07) is 16.5. The largest absolute Gasteiger partial charge is 0.497 e. The van der Waals surface area contributed by atoms with Gasteiger partial charge in [0.05, 0.1) is 20.3 Å². The van der Waals surface area contributed by atoms with Crippen molar-refractivity contribution >= 4 is 23.4 Å². The number of benzene rings is 2. The Morgan fingerprint density at radius 2 is 1.57 bits per heavy atom. The molecule has 0 aromatic heterocycles. The van der Waals surface area contributed by atoms with E-state index in [0.29, 0.717) is 5.11 Å². The van der Waals surface area contributed by atoms with E-state index in [1.54, 1.807) is 14.2 Å². The Balaban J connectivity index is 1.70. The summed E-state index contributed by atoms with van der Waals surface area (Å²) >= 11 is 5.53. The maximum Gasteiger partial charge on any atom is 0.171 e. The van der Waals surface area contributed by atoms with Crippen LogP contribution in [-0.4, -0.2) is 19.3 Å². The second-order valence-electron chi connectivity index (χ2n) is 7.00. The number of hydrogen-bond donors (Lipinski definition) is 2. The van der Waals surface area contributed by atoms with Crippen LogP contribution in [0.5, 0.6) is 11.5 Å². The van der Waals surface area contributed by atoms with E-state index in [1.807, 2.05) is 24.3 Å². The summed E-state index contributed by atoms with van der Waals surface area (Å²) in [5, 5.41) is 7.53. The number of rotatable bonds is 4. The van der Waals surface area contributed by atoms with Crippen molar-refractivity contribution in [1.29, 1.82) is 0 Å². The van der Waals surface area contributed by atoms with Crippen LogP contribution < -0.4 is 20.1 Å². The fraction of sp³-hybridized carbons (Fsp3) is 0.261. The Labute approximate surface area is 171 Å². The number of thiocarbonyl (C=S) groups is 1. The van der Waals surface area contributed by atoms with Crippen LogP contribution >= 0.6 is 12.2 Å². The molecular formula is C23H24N2O2S. The first-order valence-electron chi connectivity index (χ1n) is 9.47. The molecule has 2 aromatic carbocycles. The number of nitrogens with one attached hydrogen (secondary N) is 2. The zero-order chi connectivity index (χ0) is 19.5. The van der Waals surface area contributed by atoms with Crippen LogP contribution in [0, 0.1) is 0 Å². The van der Waals surface area contributed by atoms with Crippen molar-refractivity contribution in [2.75, 3.05) is 14.2 Å². The first-order chi connectivity index (χ1) is 13.7. The van der Waals surface area contributed by atoms with Crippen molar-refractivity contribution in [3.8, 4) is 11.5 Å². The molecule has 0 fully saturated rings. The molecule has 2 aromatic rings. The number of ether oxygens (including phenoxy) is 2. The Bertz CT molecular complexity index is 930. The van der Waals surface area contributed by atoms with E-state index in [0.717, 1.165) is 36.3 Å². The average Bonchev–Trinajstić information content (AvgIpc) is 2.74. The first-order valence-corrected chi connectivity index (χ1v) is 9.88. The second-order valence-corrected chi connectivity index (χ2v) is 7.41. The van der Waals surface area contributed by atoms with Gasteiger partial charge in [-0.1, -0.05) is 24.3 Å². The molecule has 4 rings (SSSR count). The topological polar surface area (TPSA) is 42.5 Å². The smallest absolute Gasteiger partial charge is 0.171 e. The molecule has 1 atom stereocenters. The van der Waals surface area contributed by atoms with E-state index in [1.165, 1.54) is 22.4 Å². The predicted molar refractivity (Wildman–Crippen MR) is 116 cm³/mol. The molecule has 1 unspecified atom stereocenters. The molecule has 0 bridgehead atoms. The minimum Gasteiger partial charge on any atom is -0.497 e. The summed E-state index contributed by atoms with van der Waals surface area (Å²) in [4.78, 5) is 0. The Hall–Kier alpha value is -2.79. The number of allylic oxidation sites excluding steroid dienone is 1. The summed E-state index contributed by atoms with van der Waals surface area (Å²) < 4.78 is 10.6. The monoisotopic (exact) mass is 392 g/mol. The average molecular weight is 393 g/mol. The first kappa shape index (κ1) is 18.6. The number of hydrogen-bond acceptors (Lipinski definition) is 3. The molecule has 1 aliphatic heterocycles. The standard InChI is InChI=1S/C23H24N2O2S/c1-26-18-10-6-15(7-11-18)14-17-4-3-5-20-21(24-23(28)25-22(17)20)16-8-12-19(27-2)13-9-16/h6-14,21H,3-5H2,1-2H3,(H2,24,25,28). The van der Waals surface area contributed by atoms with Gasteiger partial charge in [0.2, 0.25) is 0 Å². The lowest BCUT2D eigenvalue weighted by atomic mass is 9.83. The summed E-state index contributed by atoms with van der Waals surface area (Å²) in [5.41, 5.74) is 6.20. The highest BCUT2D eigenvalue weighted by Gasteiger charge is 2.30. The zero-order valence-electron chi connectivity index (χ0n) is 16.1. The van der Waals surface area contributed by atoms with Crippen molar-refractivity contribution in [2.24, 2.45) is 0 Å². The number of methoxy groups -OCH3 is 2. The van der Waals surface area contributed by atoms with Gasteiger partial charge in [0.15, 0.2) is 5.11 Å². The molecular weight excluding hydrogens is 368 g/mol. The molecule has 144 valence electrons. The van der Waals surface area contributed by atoms with Crippen molar-refractivity contribution < 1.29 is 9.47 Å². The molecule has 28 heavy (non-hydrogen) atoms. The van der Waals surface area contributed by atoms with Gasteiger partial charge in [-0.2, -0.15) is 0 Å². The summed E-state index contributed by atoms with van der Waals surface area (Å²) in [6.45, 7) is 0. The molecule has 0 saturated heterocycles. The third-order valence-electron chi connectivity index (χ3n) is 5.30. The van der Waals surface area contributed by atoms with E-state index in [9.17, 15) is 0 Å². The highest BCUT2D eigenvalue weighted by Crippen LogP contribution is 2.39. The maximum atomic E-state index is 5.53. The zero-order valence-corrected chi connectivity index (χ0v) is 16.9. The molecule has 0 spiro atoms. The lowest BCUT2D eigenvalue weighted by molar-refractivity contribution is 0.414. The normalized spacial score (nSPS) is 20.3. The van der Waals surface area contributed by atoms with E-state index in [4.69, 9.17) is 21.7 Å². The van der Waals surface area contributed by atoms with Crippen molar-refractivity contribution in [1.82, 2.24) is 10.6 Å². The SMILES string of the molecule is COc1ccc(C=C2CCCC3=C2NC(=S)NC3c2ccc(OC)cc2)cc1. The molecule has 0 radical (unpaired) electrons. The Morgan fingerprint density at radius 1 is 0.929 bits per heavy atom. The van der Waals surface area contributed by atoms with Gasteiger partial charge >= 0.3 is 0 Å². The lowest BCUT2D eigenvalue weighted by Crippen LogP contribution is -2.45. The van der Waals surface area contributed by atoms with E-state index < -0.39 is 0 Å². The van der Waals surface area contributed by atoms with Gasteiger partial charge in [-0.3, -0.25) is 0 Å². The lowest BCUT2D eigenvalue weighted by Gasteiger charge is -2.36. The van der Waals surface area contributed by atoms with Gasteiger partial charge in [0.25, 0.3) is 0 Å². The minimum atomic E-state index is 0.0919. The van der Waals surface area contributed by atoms with Gasteiger partial charge in [-0.25, -0.2) is 0 Å². The Kier molecular flexibility index (Phi) is 5.35. The summed E-state index contributed by atoms with van der Waals surface area (Å²) in [5.74, 6) is 1.73. The van der Waals surface area contributed by atoms with Gasteiger partial charge in [0.1, 0.15) is 11.5 Å². The van der Waals surface area contributed by atoms with Crippen LogP contribution in [0.25, 0.3) is 6.08 Å². The second kappa shape index (κ2) is 8.07. The van der Waals surface area contributed by atoms with Crippen LogP contribution in [0.2, 0.25) is 0 Å². The van der Waals surface area contributed by atoms with Gasteiger partial charge in [0, 0.05) is 5.70 Å². The van der Waals surface area contributed by atoms with Crippen molar-refractivity contribution in [3.05, 3.63) is 76.5 Å². The van der Waals surface area contributed by atoms with Crippen LogP contribution in [-0.2, 0) is 0 Å². The molecule has 1 aliphatic carbocycles. The molecule has 4 nitrogen and oxygen atoms in total. The van der Waals surface area contributed by atoms with Gasteiger partial charge < -0.3 is 20.1 Å². The third kappa shape index (κ3) is 3.76. The van der Waals surface area contributed by atoms with Crippen LogP contribution in [0.1, 0.15) is 36.4 Å². The molecule has 5 heteroatoms. The quantitative estimate of drug-likeness (QED) is 0.736.